The Kier molecular flexibility index (Phi) is 4.26. The highest BCUT2D eigenvalue weighted by molar-refractivity contribution is 6.39. The van der Waals surface area contributed by atoms with Crippen molar-refractivity contribution in [1.29, 1.82) is 0 Å². The van der Waals surface area contributed by atoms with Crippen molar-refractivity contribution in [3.8, 4) is 0 Å². The van der Waals surface area contributed by atoms with Crippen LogP contribution in [0, 0.1) is 10.1 Å². The zero-order valence-electron chi connectivity index (χ0n) is 9.94. The summed E-state index contributed by atoms with van der Waals surface area (Å²) in [6, 6.07) is 2.43. The minimum atomic E-state index is -0.573. The van der Waals surface area contributed by atoms with E-state index in [1.807, 2.05) is 0 Å². The fourth-order valence-corrected chi connectivity index (χ4v) is 2.17. The molecule has 0 aliphatic heterocycles. The molecule has 0 fully saturated rings. The van der Waals surface area contributed by atoms with Gasteiger partial charge in [-0.3, -0.25) is 15.1 Å². The molecule has 0 bridgehead atoms. The Hall–Kier alpha value is -2.06. The number of nitro groups is 1. The minimum absolute atomic E-state index is 0.153. The molecule has 2 rings (SSSR count). The number of hydrogen-bond acceptors (Lipinski definition) is 5. The Morgan fingerprint density at radius 1 is 1.35 bits per heavy atom. The number of aromatic nitrogens is 3. The fourth-order valence-electron chi connectivity index (χ4n) is 1.56. The predicted molar refractivity (Wildman–Crippen MR) is 74.5 cm³/mol. The molecule has 1 heterocycles. The van der Waals surface area contributed by atoms with Crippen LogP contribution >= 0.6 is 23.2 Å². The van der Waals surface area contributed by atoms with Crippen molar-refractivity contribution >= 4 is 34.6 Å². The molecule has 3 N–H and O–H groups in total. The number of benzene rings is 1. The summed E-state index contributed by atoms with van der Waals surface area (Å²) in [5.41, 5.74) is -0.162. The second kappa shape index (κ2) is 5.93. The van der Waals surface area contributed by atoms with Crippen LogP contribution in [0.1, 0.15) is 5.82 Å². The van der Waals surface area contributed by atoms with Crippen LogP contribution in [0.5, 0.6) is 0 Å². The maximum atomic E-state index is 10.8. The highest BCUT2D eigenvalue weighted by Crippen LogP contribution is 2.34. The average molecular weight is 318 g/mol. The minimum Gasteiger partial charge on any atom is -0.382 e. The third-order valence-corrected chi connectivity index (χ3v) is 3.05. The number of hydrogen-bond donors (Lipinski definition) is 3. The van der Waals surface area contributed by atoms with Gasteiger partial charge in [0, 0.05) is 25.1 Å². The molecule has 0 atom stereocenters. The first-order valence-electron chi connectivity index (χ1n) is 5.48. The van der Waals surface area contributed by atoms with E-state index in [1.54, 1.807) is 0 Å². The Labute approximate surface area is 122 Å². The van der Waals surface area contributed by atoms with Crippen molar-refractivity contribution in [1.82, 2.24) is 15.2 Å². The lowest BCUT2D eigenvalue weighted by Crippen LogP contribution is -2.08. The van der Waals surface area contributed by atoms with Crippen molar-refractivity contribution in [3.63, 3.8) is 0 Å². The third-order valence-electron chi connectivity index (χ3n) is 2.45. The lowest BCUT2D eigenvalue weighted by Gasteiger charge is -2.09. The van der Waals surface area contributed by atoms with Gasteiger partial charge >= 0.3 is 5.69 Å². The Bertz CT molecular complexity index is 673. The summed E-state index contributed by atoms with van der Waals surface area (Å²) in [7, 11) is 0. The summed E-state index contributed by atoms with van der Waals surface area (Å²) in [5, 5.41) is 19.9. The molecule has 0 saturated heterocycles. The number of anilines is 1. The zero-order chi connectivity index (χ0) is 14.7. The van der Waals surface area contributed by atoms with Crippen molar-refractivity contribution in [2.45, 2.75) is 6.42 Å². The van der Waals surface area contributed by atoms with Crippen LogP contribution in [0.25, 0.3) is 0 Å². The number of nitrogens with zero attached hydrogens (tertiary/aromatic N) is 2. The zero-order valence-corrected chi connectivity index (χ0v) is 11.5. The van der Waals surface area contributed by atoms with Crippen LogP contribution in [0.3, 0.4) is 0 Å². The first-order chi connectivity index (χ1) is 9.47. The molecule has 0 saturated carbocycles. The van der Waals surface area contributed by atoms with Gasteiger partial charge in [-0.25, -0.2) is 9.89 Å². The van der Waals surface area contributed by atoms with Crippen LogP contribution < -0.4 is 11.0 Å². The van der Waals surface area contributed by atoms with E-state index in [2.05, 4.69) is 20.5 Å². The van der Waals surface area contributed by atoms with Gasteiger partial charge in [0.1, 0.15) is 5.82 Å². The topological polar surface area (TPSA) is 117 Å². The Morgan fingerprint density at radius 2 is 2.00 bits per heavy atom. The normalized spacial score (nSPS) is 10.5. The van der Waals surface area contributed by atoms with Crippen LogP contribution in [0.4, 0.5) is 11.4 Å². The maximum Gasteiger partial charge on any atom is 0.340 e. The number of H-pyrrole nitrogens is 2. The molecule has 2 aromatic rings. The number of nitrogens with one attached hydrogen (secondary N) is 3. The van der Waals surface area contributed by atoms with E-state index in [4.69, 9.17) is 23.2 Å². The van der Waals surface area contributed by atoms with E-state index >= 15 is 0 Å². The van der Waals surface area contributed by atoms with E-state index in [0.29, 0.717) is 24.5 Å². The molecule has 106 valence electrons. The summed E-state index contributed by atoms with van der Waals surface area (Å²) >= 11 is 11.9. The summed E-state index contributed by atoms with van der Waals surface area (Å²) < 4.78 is 0. The number of nitro benzene ring substituents is 1. The van der Waals surface area contributed by atoms with Gasteiger partial charge in [-0.2, -0.15) is 5.10 Å². The monoisotopic (exact) mass is 317 g/mol. The number of rotatable bonds is 5. The summed E-state index contributed by atoms with van der Waals surface area (Å²) in [6.07, 6.45) is 0.433. The molecule has 0 radical (unpaired) electrons. The second-order valence-electron chi connectivity index (χ2n) is 3.84. The van der Waals surface area contributed by atoms with E-state index in [-0.39, 0.29) is 21.4 Å². The van der Waals surface area contributed by atoms with E-state index in [1.165, 1.54) is 12.1 Å². The average Bonchev–Trinajstić information content (AvgIpc) is 2.78. The molecule has 1 aromatic heterocycles. The van der Waals surface area contributed by atoms with Gasteiger partial charge in [0.25, 0.3) is 5.69 Å². The smallest absolute Gasteiger partial charge is 0.340 e. The quantitative estimate of drug-likeness (QED) is 0.575. The number of aromatic amines is 2. The fraction of sp³-hybridized carbons (Fsp3) is 0.200. The highest BCUT2D eigenvalue weighted by atomic mass is 35.5. The second-order valence-corrected chi connectivity index (χ2v) is 4.66. The van der Waals surface area contributed by atoms with Gasteiger partial charge in [-0.05, 0) is 0 Å². The molecule has 0 amide bonds. The van der Waals surface area contributed by atoms with Crippen molar-refractivity contribution in [3.05, 3.63) is 48.6 Å². The molecule has 8 nitrogen and oxygen atoms in total. The van der Waals surface area contributed by atoms with Gasteiger partial charge in [0.05, 0.1) is 20.7 Å². The van der Waals surface area contributed by atoms with E-state index in [9.17, 15) is 14.9 Å². The van der Waals surface area contributed by atoms with E-state index < -0.39 is 4.92 Å². The largest absolute Gasteiger partial charge is 0.382 e. The molecule has 20 heavy (non-hydrogen) atoms. The van der Waals surface area contributed by atoms with Crippen molar-refractivity contribution < 1.29 is 4.92 Å². The Morgan fingerprint density at radius 3 is 2.50 bits per heavy atom. The summed E-state index contributed by atoms with van der Waals surface area (Å²) in [6.45, 7) is 0.401. The summed E-state index contributed by atoms with van der Waals surface area (Å²) in [4.78, 5) is 23.4. The summed E-state index contributed by atoms with van der Waals surface area (Å²) in [5.74, 6) is 0.483. The Balaban J connectivity index is 2.06. The van der Waals surface area contributed by atoms with Gasteiger partial charge in [-0.1, -0.05) is 23.2 Å². The van der Waals surface area contributed by atoms with Crippen LogP contribution in [-0.4, -0.2) is 26.6 Å². The lowest BCUT2D eigenvalue weighted by molar-refractivity contribution is -0.384. The van der Waals surface area contributed by atoms with Gasteiger partial charge in [-0.15, -0.1) is 0 Å². The first-order valence-corrected chi connectivity index (χ1v) is 6.24. The molecule has 1 aromatic carbocycles. The molecular formula is C10H9Cl2N5O3. The van der Waals surface area contributed by atoms with Crippen LogP contribution in [-0.2, 0) is 6.42 Å². The molecule has 10 heteroatoms. The first kappa shape index (κ1) is 14.4. The van der Waals surface area contributed by atoms with Gasteiger partial charge in [0.2, 0.25) is 0 Å². The van der Waals surface area contributed by atoms with Gasteiger partial charge in [0.15, 0.2) is 0 Å². The van der Waals surface area contributed by atoms with E-state index in [0.717, 1.165) is 0 Å². The highest BCUT2D eigenvalue weighted by Gasteiger charge is 2.14. The number of non-ortho nitro benzene ring substituents is 1. The molecule has 0 aliphatic carbocycles. The SMILES string of the molecule is O=c1[nH]nc(CCNc2c(Cl)cc([N+](=O)[O-])cc2Cl)[nH]1. The van der Waals surface area contributed by atoms with Gasteiger partial charge < -0.3 is 5.32 Å². The van der Waals surface area contributed by atoms with Crippen molar-refractivity contribution in [2.75, 3.05) is 11.9 Å². The van der Waals surface area contributed by atoms with Crippen molar-refractivity contribution in [2.24, 2.45) is 0 Å². The third kappa shape index (κ3) is 3.28. The van der Waals surface area contributed by atoms with Crippen LogP contribution in [0.2, 0.25) is 10.0 Å². The predicted octanol–water partition coefficient (Wildman–Crippen LogP) is 1.97. The lowest BCUT2D eigenvalue weighted by atomic mass is 10.2. The molecule has 0 aliphatic rings. The van der Waals surface area contributed by atoms with Crippen LogP contribution in [0.15, 0.2) is 16.9 Å². The molecule has 0 unspecified atom stereocenters. The molecular weight excluding hydrogens is 309 g/mol. The molecule has 0 spiro atoms. The number of halogens is 2. The standard InChI is InChI=1S/C10H9Cl2N5O3/c11-6-3-5(17(19)20)4-7(12)9(6)13-2-1-8-14-10(18)16-15-8/h3-4,13H,1-2H2,(H2,14,15,16,18). The maximum absolute atomic E-state index is 10.8.